The molecular formula is C9H16ClNO. The molecule has 1 fully saturated rings. The van der Waals surface area contributed by atoms with E-state index >= 15 is 0 Å². The van der Waals surface area contributed by atoms with E-state index in [4.69, 9.17) is 16.7 Å². The lowest BCUT2D eigenvalue weighted by atomic mass is 9.91. The van der Waals surface area contributed by atoms with Crippen molar-refractivity contribution in [3.05, 3.63) is 11.6 Å². The molecule has 1 N–H and O–H groups in total. The first-order chi connectivity index (χ1) is 5.88. The zero-order valence-electron chi connectivity index (χ0n) is 7.25. The number of aliphatic hydroxyl groups excluding tert-OH is 1. The second kappa shape index (κ2) is 5.57. The molecule has 1 rings (SSSR count). The Morgan fingerprint density at radius 2 is 2.25 bits per heavy atom. The lowest BCUT2D eigenvalue weighted by molar-refractivity contribution is 0.114. The van der Waals surface area contributed by atoms with Gasteiger partial charge in [0.05, 0.1) is 6.61 Å². The molecule has 70 valence electrons. The molecule has 0 aromatic rings. The van der Waals surface area contributed by atoms with Crippen molar-refractivity contribution in [3.63, 3.8) is 0 Å². The molecule has 0 atom stereocenters. The molecule has 0 aliphatic heterocycles. The van der Waals surface area contributed by atoms with Crippen molar-refractivity contribution in [3.8, 4) is 0 Å². The summed E-state index contributed by atoms with van der Waals surface area (Å²) in [6.07, 6.45) is 5.80. The summed E-state index contributed by atoms with van der Waals surface area (Å²) in [5.74, 6) is 0. The third-order valence-electron chi connectivity index (χ3n) is 2.41. The summed E-state index contributed by atoms with van der Waals surface area (Å²) < 4.78 is 0. The van der Waals surface area contributed by atoms with Crippen LogP contribution in [0.5, 0.6) is 0 Å². The minimum absolute atomic E-state index is 0.243. The first-order valence-corrected chi connectivity index (χ1v) is 4.92. The first kappa shape index (κ1) is 10.0. The van der Waals surface area contributed by atoms with Gasteiger partial charge in [-0.05, 0) is 12.8 Å². The van der Waals surface area contributed by atoms with Crippen molar-refractivity contribution in [2.75, 3.05) is 19.7 Å². The molecule has 0 amide bonds. The van der Waals surface area contributed by atoms with Gasteiger partial charge in [0, 0.05) is 24.7 Å². The SMILES string of the molecule is OCCN(C/C=C/Cl)C1CCC1. The Bertz CT molecular complexity index is 145. The largest absolute Gasteiger partial charge is 0.395 e. The second-order valence-corrected chi connectivity index (χ2v) is 3.42. The molecule has 2 nitrogen and oxygen atoms in total. The van der Waals surface area contributed by atoms with Crippen molar-refractivity contribution >= 4 is 11.6 Å². The number of hydrogen-bond acceptors (Lipinski definition) is 2. The van der Waals surface area contributed by atoms with Gasteiger partial charge in [0.1, 0.15) is 0 Å². The Balaban J connectivity index is 2.26. The number of nitrogens with zero attached hydrogens (tertiary/aromatic N) is 1. The number of aliphatic hydroxyl groups is 1. The topological polar surface area (TPSA) is 23.5 Å². The Hall–Kier alpha value is -0.0500. The molecule has 0 aromatic carbocycles. The van der Waals surface area contributed by atoms with Crippen LogP contribution in [0.2, 0.25) is 0 Å². The molecule has 1 aliphatic rings. The highest BCUT2D eigenvalue weighted by Crippen LogP contribution is 2.24. The van der Waals surface area contributed by atoms with Gasteiger partial charge in [0.25, 0.3) is 0 Å². The average Bonchev–Trinajstić information content (AvgIpc) is 1.97. The van der Waals surface area contributed by atoms with E-state index in [1.165, 1.54) is 19.3 Å². The predicted octanol–water partition coefficient (Wildman–Crippen LogP) is 1.59. The Kier molecular flexibility index (Phi) is 4.66. The third-order valence-corrected chi connectivity index (χ3v) is 2.59. The van der Waals surface area contributed by atoms with Gasteiger partial charge in [0.15, 0.2) is 0 Å². The summed E-state index contributed by atoms with van der Waals surface area (Å²) in [5, 5.41) is 8.81. The average molecular weight is 190 g/mol. The summed E-state index contributed by atoms with van der Waals surface area (Å²) in [5.41, 5.74) is 1.54. The standard InChI is InChI=1S/C9H16ClNO/c10-5-2-6-11(7-8-12)9-3-1-4-9/h2,5,9,12H,1,3-4,6-8H2/b5-2+. The fourth-order valence-corrected chi connectivity index (χ4v) is 1.56. The van der Waals surface area contributed by atoms with Crippen molar-refractivity contribution in [1.29, 1.82) is 0 Å². The fraction of sp³-hybridized carbons (Fsp3) is 0.778. The summed E-state index contributed by atoms with van der Waals surface area (Å²) >= 11 is 5.44. The van der Waals surface area contributed by atoms with Crippen LogP contribution in [-0.2, 0) is 0 Å². The molecule has 0 aromatic heterocycles. The fourth-order valence-electron chi connectivity index (χ4n) is 1.48. The monoisotopic (exact) mass is 189 g/mol. The van der Waals surface area contributed by atoms with Crippen molar-refractivity contribution in [2.24, 2.45) is 0 Å². The molecule has 0 unspecified atom stereocenters. The smallest absolute Gasteiger partial charge is 0.0558 e. The molecule has 0 radical (unpaired) electrons. The summed E-state index contributed by atoms with van der Waals surface area (Å²) in [6.45, 7) is 1.88. The van der Waals surface area contributed by atoms with E-state index in [9.17, 15) is 0 Å². The Morgan fingerprint density at radius 1 is 1.50 bits per heavy atom. The van der Waals surface area contributed by atoms with E-state index < -0.39 is 0 Å². The van der Waals surface area contributed by atoms with E-state index in [0.29, 0.717) is 6.04 Å². The van der Waals surface area contributed by atoms with Crippen LogP contribution in [0.25, 0.3) is 0 Å². The lowest BCUT2D eigenvalue weighted by Crippen LogP contribution is -2.41. The van der Waals surface area contributed by atoms with Crippen LogP contribution in [0.1, 0.15) is 19.3 Å². The van der Waals surface area contributed by atoms with Gasteiger partial charge in [-0.3, -0.25) is 4.90 Å². The lowest BCUT2D eigenvalue weighted by Gasteiger charge is -2.36. The number of hydrogen-bond donors (Lipinski definition) is 1. The van der Waals surface area contributed by atoms with E-state index in [-0.39, 0.29) is 6.61 Å². The molecular weight excluding hydrogens is 174 g/mol. The van der Waals surface area contributed by atoms with Gasteiger partial charge in [0.2, 0.25) is 0 Å². The van der Waals surface area contributed by atoms with Gasteiger partial charge in [-0.15, -0.1) is 0 Å². The van der Waals surface area contributed by atoms with Crippen LogP contribution in [0.4, 0.5) is 0 Å². The van der Waals surface area contributed by atoms with E-state index in [2.05, 4.69) is 4.90 Å². The van der Waals surface area contributed by atoms with Crippen LogP contribution >= 0.6 is 11.6 Å². The highest BCUT2D eigenvalue weighted by Gasteiger charge is 2.23. The molecule has 0 heterocycles. The maximum atomic E-state index is 8.81. The third kappa shape index (κ3) is 2.77. The molecule has 3 heteroatoms. The van der Waals surface area contributed by atoms with E-state index in [1.807, 2.05) is 6.08 Å². The molecule has 12 heavy (non-hydrogen) atoms. The van der Waals surface area contributed by atoms with Crippen LogP contribution in [-0.4, -0.2) is 35.7 Å². The molecule has 1 aliphatic carbocycles. The van der Waals surface area contributed by atoms with Gasteiger partial charge >= 0.3 is 0 Å². The number of halogens is 1. The quantitative estimate of drug-likeness (QED) is 0.710. The van der Waals surface area contributed by atoms with Crippen LogP contribution in [0, 0.1) is 0 Å². The maximum absolute atomic E-state index is 8.81. The normalized spacial score (nSPS) is 18.9. The minimum atomic E-state index is 0.243. The van der Waals surface area contributed by atoms with Crippen molar-refractivity contribution < 1.29 is 5.11 Å². The van der Waals surface area contributed by atoms with Crippen molar-refractivity contribution in [1.82, 2.24) is 4.90 Å². The highest BCUT2D eigenvalue weighted by molar-refractivity contribution is 6.25. The molecule has 0 spiro atoms. The second-order valence-electron chi connectivity index (χ2n) is 3.16. The van der Waals surface area contributed by atoms with Gasteiger partial charge in [-0.1, -0.05) is 24.1 Å². The maximum Gasteiger partial charge on any atom is 0.0558 e. The zero-order chi connectivity index (χ0) is 8.81. The number of rotatable bonds is 5. The van der Waals surface area contributed by atoms with Crippen LogP contribution in [0.15, 0.2) is 11.6 Å². The molecule has 1 saturated carbocycles. The van der Waals surface area contributed by atoms with Gasteiger partial charge in [-0.2, -0.15) is 0 Å². The van der Waals surface area contributed by atoms with Gasteiger partial charge in [-0.25, -0.2) is 0 Å². The summed E-state index contributed by atoms with van der Waals surface area (Å²) in [4.78, 5) is 2.28. The van der Waals surface area contributed by atoms with E-state index in [1.54, 1.807) is 5.54 Å². The first-order valence-electron chi connectivity index (χ1n) is 4.48. The predicted molar refractivity (Wildman–Crippen MR) is 51.3 cm³/mol. The summed E-state index contributed by atoms with van der Waals surface area (Å²) in [6, 6.07) is 0.685. The highest BCUT2D eigenvalue weighted by atomic mass is 35.5. The Labute approximate surface area is 78.8 Å². The van der Waals surface area contributed by atoms with Crippen LogP contribution < -0.4 is 0 Å². The zero-order valence-corrected chi connectivity index (χ0v) is 8.00. The summed E-state index contributed by atoms with van der Waals surface area (Å²) in [7, 11) is 0. The van der Waals surface area contributed by atoms with Crippen molar-refractivity contribution in [2.45, 2.75) is 25.3 Å². The molecule has 0 bridgehead atoms. The minimum Gasteiger partial charge on any atom is -0.395 e. The molecule has 0 saturated heterocycles. The van der Waals surface area contributed by atoms with Gasteiger partial charge < -0.3 is 5.11 Å². The van der Waals surface area contributed by atoms with E-state index in [0.717, 1.165) is 13.1 Å². The van der Waals surface area contributed by atoms with Crippen LogP contribution in [0.3, 0.4) is 0 Å². The Morgan fingerprint density at radius 3 is 2.67 bits per heavy atom.